The maximum Gasteiger partial charge on any atom is 0.186 e. The zero-order valence-electron chi connectivity index (χ0n) is 15.9. The van der Waals surface area contributed by atoms with Crippen molar-refractivity contribution in [3.05, 3.63) is 0 Å². The third-order valence-corrected chi connectivity index (χ3v) is 5.70. The van der Waals surface area contributed by atoms with E-state index in [1.165, 1.54) is 58.5 Å². The van der Waals surface area contributed by atoms with Gasteiger partial charge in [-0.1, -0.05) is 87.3 Å². The van der Waals surface area contributed by atoms with Crippen LogP contribution in [0.25, 0.3) is 0 Å². The molecule has 0 saturated carbocycles. The van der Waals surface area contributed by atoms with Crippen LogP contribution in [0, 0.1) is 0 Å². The summed E-state index contributed by atoms with van der Waals surface area (Å²) in [6.07, 6.45) is 9.19. The summed E-state index contributed by atoms with van der Waals surface area (Å²) < 4.78 is 17.1. The third-order valence-electron chi connectivity index (χ3n) is 4.83. The lowest BCUT2D eigenvalue weighted by atomic mass is 9.99. The third kappa shape index (κ3) is 8.84. The van der Waals surface area contributed by atoms with Gasteiger partial charge in [0.05, 0.1) is 6.10 Å². The molecule has 1 fully saturated rings. The largest absolute Gasteiger partial charge is 0.388 e. The summed E-state index contributed by atoms with van der Waals surface area (Å²) in [5.74, 6) is 0. The van der Waals surface area contributed by atoms with E-state index in [0.29, 0.717) is 11.0 Å². The number of hydrogen-bond acceptors (Lipinski definition) is 5. The van der Waals surface area contributed by atoms with Crippen LogP contribution in [0.15, 0.2) is 0 Å². The van der Waals surface area contributed by atoms with Crippen molar-refractivity contribution in [2.45, 2.75) is 102 Å². The number of hydrogen-bond donors (Lipinski definition) is 2. The topological polar surface area (TPSA) is 68.2 Å². The van der Waals surface area contributed by atoms with E-state index >= 15 is 0 Å². The van der Waals surface area contributed by atoms with Gasteiger partial charge in [0.1, 0.15) is 18.3 Å². The first kappa shape index (κ1) is 23.6. The molecule has 1 rings (SSSR count). The van der Waals surface area contributed by atoms with E-state index in [9.17, 15) is 10.2 Å². The van der Waals surface area contributed by atoms with Gasteiger partial charge in [-0.3, -0.25) is 0 Å². The Labute approximate surface area is 166 Å². The summed E-state index contributed by atoms with van der Waals surface area (Å²) in [6.45, 7) is 2.80. The fourth-order valence-corrected chi connectivity index (χ4v) is 3.96. The number of halogens is 1. The Morgan fingerprint density at radius 2 is 1.44 bits per heavy atom. The van der Waals surface area contributed by atoms with Gasteiger partial charge in [-0.15, -0.1) is 0 Å². The van der Waals surface area contributed by atoms with Crippen molar-refractivity contribution in [1.29, 1.82) is 0 Å². The molecule has 1 aliphatic heterocycles. The molecule has 5 nitrogen and oxygen atoms in total. The molecule has 6 heteroatoms. The van der Waals surface area contributed by atoms with Gasteiger partial charge < -0.3 is 24.4 Å². The molecule has 1 heterocycles. The molecular formula is C19H37IO5. The average Bonchev–Trinajstić information content (AvgIpc) is 2.62. The lowest BCUT2D eigenvalue weighted by Gasteiger charge is -2.41. The minimum absolute atomic E-state index is 0.369. The fraction of sp³-hybridized carbons (Fsp3) is 1.00. The van der Waals surface area contributed by atoms with Crippen molar-refractivity contribution < 1.29 is 24.4 Å². The van der Waals surface area contributed by atoms with Crippen LogP contribution in [-0.4, -0.2) is 59.1 Å². The highest BCUT2D eigenvalue weighted by atomic mass is 127. The van der Waals surface area contributed by atoms with E-state index in [0.717, 1.165) is 12.8 Å². The highest BCUT2D eigenvalue weighted by Crippen LogP contribution is 2.25. The summed E-state index contributed by atoms with van der Waals surface area (Å²) in [6, 6.07) is 0. The lowest BCUT2D eigenvalue weighted by molar-refractivity contribution is -0.292. The van der Waals surface area contributed by atoms with Gasteiger partial charge in [0.15, 0.2) is 6.29 Å². The molecule has 0 radical (unpaired) electrons. The number of unbranched alkanes of at least 4 members (excludes halogenated alkanes) is 9. The van der Waals surface area contributed by atoms with Gasteiger partial charge in [-0.25, -0.2) is 0 Å². The number of aliphatic hydroxyl groups excluding tert-OH is 2. The predicted octanol–water partition coefficient (Wildman–Crippen LogP) is 3.82. The normalized spacial score (nSPS) is 29.9. The van der Waals surface area contributed by atoms with E-state index in [-0.39, 0.29) is 6.10 Å². The smallest absolute Gasteiger partial charge is 0.186 e. The molecule has 0 aliphatic carbocycles. The van der Waals surface area contributed by atoms with Gasteiger partial charge in [-0.2, -0.15) is 0 Å². The van der Waals surface area contributed by atoms with Gasteiger partial charge in [-0.05, 0) is 6.42 Å². The highest BCUT2D eigenvalue weighted by Gasteiger charge is 2.44. The SMILES string of the molecule is CCCCCCCCCCCCO[C@@H]1[C@@H](O)[C@H](OC)O[C@H](CI)[C@H]1O. The van der Waals surface area contributed by atoms with Crippen molar-refractivity contribution in [3.63, 3.8) is 0 Å². The summed E-state index contributed by atoms with van der Waals surface area (Å²) in [4.78, 5) is 0. The van der Waals surface area contributed by atoms with Gasteiger partial charge >= 0.3 is 0 Å². The molecule has 0 bridgehead atoms. The maximum absolute atomic E-state index is 10.3. The molecule has 2 N–H and O–H groups in total. The standard InChI is InChI=1S/C19H37IO5/c1-3-4-5-6-7-8-9-10-11-12-13-24-18-16(21)15(14-20)25-19(23-2)17(18)22/h15-19,21-22H,3-14H2,1-2H3/t15-,16-,17-,18+,19-/m1/s1. The Morgan fingerprint density at radius 3 is 1.96 bits per heavy atom. The van der Waals surface area contributed by atoms with Crippen LogP contribution < -0.4 is 0 Å². The first-order valence-electron chi connectivity index (χ1n) is 9.87. The minimum Gasteiger partial charge on any atom is -0.388 e. The first-order chi connectivity index (χ1) is 12.2. The Balaban J connectivity index is 2.11. The molecule has 25 heavy (non-hydrogen) atoms. The summed E-state index contributed by atoms with van der Waals surface area (Å²) in [5, 5.41) is 20.5. The Hall–Kier alpha value is 0.530. The number of rotatable bonds is 14. The zero-order valence-corrected chi connectivity index (χ0v) is 18.0. The van der Waals surface area contributed by atoms with Crippen molar-refractivity contribution in [2.24, 2.45) is 0 Å². The summed E-state index contributed by atoms with van der Waals surface area (Å²) in [5.41, 5.74) is 0. The van der Waals surface area contributed by atoms with E-state index < -0.39 is 24.6 Å². The van der Waals surface area contributed by atoms with Crippen molar-refractivity contribution in [2.75, 3.05) is 18.1 Å². The van der Waals surface area contributed by atoms with Crippen LogP contribution in [0.2, 0.25) is 0 Å². The zero-order chi connectivity index (χ0) is 18.5. The summed E-state index contributed by atoms with van der Waals surface area (Å²) >= 11 is 2.16. The second-order valence-electron chi connectivity index (χ2n) is 6.93. The molecule has 5 atom stereocenters. The molecule has 0 aromatic heterocycles. The van der Waals surface area contributed by atoms with Crippen molar-refractivity contribution in [1.82, 2.24) is 0 Å². The van der Waals surface area contributed by atoms with E-state index in [1.807, 2.05) is 0 Å². The molecule has 0 aromatic rings. The average molecular weight is 472 g/mol. The first-order valence-corrected chi connectivity index (χ1v) is 11.4. The maximum atomic E-state index is 10.3. The fourth-order valence-electron chi connectivity index (χ4n) is 3.23. The summed E-state index contributed by atoms with van der Waals surface area (Å²) in [7, 11) is 1.50. The highest BCUT2D eigenvalue weighted by molar-refractivity contribution is 14.1. The van der Waals surface area contributed by atoms with Crippen LogP contribution in [0.1, 0.15) is 71.1 Å². The molecule has 0 aromatic carbocycles. The minimum atomic E-state index is -0.956. The Bertz CT molecular complexity index is 302. The van der Waals surface area contributed by atoms with Crippen LogP contribution in [0.4, 0.5) is 0 Å². The number of alkyl halides is 1. The quantitative estimate of drug-likeness (QED) is 0.229. The molecule has 0 spiro atoms. The van der Waals surface area contributed by atoms with Gasteiger partial charge in [0.25, 0.3) is 0 Å². The molecule has 150 valence electrons. The lowest BCUT2D eigenvalue weighted by Crippen LogP contribution is -2.59. The Morgan fingerprint density at radius 1 is 0.880 bits per heavy atom. The van der Waals surface area contributed by atoms with E-state index in [4.69, 9.17) is 14.2 Å². The van der Waals surface area contributed by atoms with Gasteiger partial charge in [0, 0.05) is 18.1 Å². The predicted molar refractivity (Wildman–Crippen MR) is 108 cm³/mol. The number of ether oxygens (including phenoxy) is 3. The second kappa shape index (κ2) is 14.6. The van der Waals surface area contributed by atoms with Crippen LogP contribution in [-0.2, 0) is 14.2 Å². The molecule has 0 unspecified atom stereocenters. The molecule has 0 amide bonds. The van der Waals surface area contributed by atoms with Crippen molar-refractivity contribution >= 4 is 22.6 Å². The Kier molecular flexibility index (Phi) is 13.7. The van der Waals surface area contributed by atoms with E-state index in [2.05, 4.69) is 29.5 Å². The van der Waals surface area contributed by atoms with Crippen molar-refractivity contribution in [3.8, 4) is 0 Å². The second-order valence-corrected chi connectivity index (χ2v) is 7.81. The van der Waals surface area contributed by atoms with Crippen LogP contribution >= 0.6 is 22.6 Å². The monoisotopic (exact) mass is 472 g/mol. The van der Waals surface area contributed by atoms with Crippen LogP contribution in [0.3, 0.4) is 0 Å². The van der Waals surface area contributed by atoms with Crippen LogP contribution in [0.5, 0.6) is 0 Å². The van der Waals surface area contributed by atoms with E-state index in [1.54, 1.807) is 0 Å². The molecule has 1 aliphatic rings. The molecular weight excluding hydrogens is 435 g/mol. The molecule has 1 saturated heterocycles. The van der Waals surface area contributed by atoms with Gasteiger partial charge in [0.2, 0.25) is 0 Å². The number of methoxy groups -OCH3 is 1. The number of aliphatic hydroxyl groups is 2.